The van der Waals surface area contributed by atoms with Crippen molar-refractivity contribution >= 4 is 11.6 Å². The van der Waals surface area contributed by atoms with E-state index in [0.717, 1.165) is 5.02 Å². The minimum Gasteiger partial charge on any atom is -0.311 e. The Balaban J connectivity index is 2.27. The summed E-state index contributed by atoms with van der Waals surface area (Å²) in [5.74, 6) is 0. The molecule has 19 heavy (non-hydrogen) atoms. The molecule has 0 aliphatic carbocycles. The van der Waals surface area contributed by atoms with E-state index in [0.29, 0.717) is 0 Å². The Morgan fingerprint density at radius 1 is 1.16 bits per heavy atom. The molecular formula is C16H25ClN2. The number of likely N-dealkylation sites (N-methyl/N-ethyl adjacent to an activating group) is 1. The molecule has 1 aromatic rings. The average Bonchev–Trinajstić information content (AvgIpc) is 2.42. The summed E-state index contributed by atoms with van der Waals surface area (Å²) in [5, 5.41) is 4.32. The second-order valence-electron chi connectivity index (χ2n) is 5.94. The SMILES string of the molecule is CNC(c1ccccc1Cl)C(C)(C)N1CCCCC1. The zero-order valence-corrected chi connectivity index (χ0v) is 13.0. The van der Waals surface area contributed by atoms with Crippen LogP contribution in [0, 0.1) is 0 Å². The summed E-state index contributed by atoms with van der Waals surface area (Å²) in [6.07, 6.45) is 3.98. The maximum atomic E-state index is 6.38. The van der Waals surface area contributed by atoms with Gasteiger partial charge in [0.1, 0.15) is 0 Å². The molecule has 1 aliphatic heterocycles. The van der Waals surface area contributed by atoms with Crippen LogP contribution in [0.15, 0.2) is 24.3 Å². The van der Waals surface area contributed by atoms with Crippen LogP contribution in [0.3, 0.4) is 0 Å². The van der Waals surface area contributed by atoms with Crippen LogP contribution < -0.4 is 5.32 Å². The topological polar surface area (TPSA) is 15.3 Å². The van der Waals surface area contributed by atoms with Gasteiger partial charge in [-0.1, -0.05) is 36.2 Å². The molecule has 1 fully saturated rings. The number of nitrogens with zero attached hydrogens (tertiary/aromatic N) is 1. The van der Waals surface area contributed by atoms with Crippen LogP contribution in [0.25, 0.3) is 0 Å². The normalized spacial score (nSPS) is 19.4. The van der Waals surface area contributed by atoms with E-state index >= 15 is 0 Å². The van der Waals surface area contributed by atoms with Gasteiger partial charge < -0.3 is 5.32 Å². The number of hydrogen-bond acceptors (Lipinski definition) is 2. The van der Waals surface area contributed by atoms with Crippen molar-refractivity contribution in [2.45, 2.75) is 44.7 Å². The third-order valence-electron chi connectivity index (χ3n) is 4.38. The van der Waals surface area contributed by atoms with Crippen LogP contribution in [0.5, 0.6) is 0 Å². The highest BCUT2D eigenvalue weighted by Gasteiger charge is 2.36. The van der Waals surface area contributed by atoms with Crippen molar-refractivity contribution in [3.05, 3.63) is 34.9 Å². The summed E-state index contributed by atoms with van der Waals surface area (Å²) in [6.45, 7) is 7.02. The van der Waals surface area contributed by atoms with Gasteiger partial charge in [-0.15, -0.1) is 0 Å². The van der Waals surface area contributed by atoms with Gasteiger partial charge in [0.2, 0.25) is 0 Å². The monoisotopic (exact) mass is 280 g/mol. The van der Waals surface area contributed by atoms with Crippen LogP contribution >= 0.6 is 11.6 Å². The van der Waals surface area contributed by atoms with Crippen LogP contribution in [-0.2, 0) is 0 Å². The van der Waals surface area contributed by atoms with E-state index in [9.17, 15) is 0 Å². The van der Waals surface area contributed by atoms with Gasteiger partial charge in [0.15, 0.2) is 0 Å². The highest BCUT2D eigenvalue weighted by molar-refractivity contribution is 6.31. The molecular weight excluding hydrogens is 256 g/mol. The summed E-state index contributed by atoms with van der Waals surface area (Å²) in [6, 6.07) is 8.42. The van der Waals surface area contributed by atoms with Crippen molar-refractivity contribution < 1.29 is 0 Å². The maximum Gasteiger partial charge on any atom is 0.0514 e. The fourth-order valence-corrected chi connectivity index (χ4v) is 3.50. The molecule has 3 heteroatoms. The predicted octanol–water partition coefficient (Wildman–Crippen LogP) is 3.87. The highest BCUT2D eigenvalue weighted by atomic mass is 35.5. The first-order valence-electron chi connectivity index (χ1n) is 7.24. The molecule has 1 unspecified atom stereocenters. The van der Waals surface area contributed by atoms with Crippen molar-refractivity contribution in [1.29, 1.82) is 0 Å². The van der Waals surface area contributed by atoms with Crippen LogP contribution in [0.4, 0.5) is 0 Å². The molecule has 1 atom stereocenters. The summed E-state index contributed by atoms with van der Waals surface area (Å²) in [4.78, 5) is 2.60. The molecule has 2 nitrogen and oxygen atoms in total. The summed E-state index contributed by atoms with van der Waals surface area (Å²) in [7, 11) is 2.03. The lowest BCUT2D eigenvalue weighted by Gasteiger charge is -2.46. The lowest BCUT2D eigenvalue weighted by Crippen LogP contribution is -2.53. The van der Waals surface area contributed by atoms with Gasteiger partial charge in [0.05, 0.1) is 6.04 Å². The van der Waals surface area contributed by atoms with Crippen molar-refractivity contribution in [3.63, 3.8) is 0 Å². The molecule has 1 aromatic carbocycles. The van der Waals surface area contributed by atoms with E-state index in [1.807, 2.05) is 19.2 Å². The predicted molar refractivity (Wildman–Crippen MR) is 82.8 cm³/mol. The summed E-state index contributed by atoms with van der Waals surface area (Å²) in [5.41, 5.74) is 1.27. The molecule has 0 amide bonds. The lowest BCUT2D eigenvalue weighted by molar-refractivity contribution is 0.0633. The Morgan fingerprint density at radius 2 is 1.79 bits per heavy atom. The largest absolute Gasteiger partial charge is 0.311 e. The van der Waals surface area contributed by atoms with E-state index in [1.54, 1.807) is 0 Å². The Hall–Kier alpha value is -0.570. The van der Waals surface area contributed by atoms with Crippen LogP contribution in [0.1, 0.15) is 44.7 Å². The molecule has 1 aliphatic rings. The second kappa shape index (κ2) is 6.25. The van der Waals surface area contributed by atoms with Gasteiger partial charge in [0.25, 0.3) is 0 Å². The Bertz CT molecular complexity index is 411. The van der Waals surface area contributed by atoms with Gasteiger partial charge in [-0.25, -0.2) is 0 Å². The fraction of sp³-hybridized carbons (Fsp3) is 0.625. The fourth-order valence-electron chi connectivity index (χ4n) is 3.25. The molecule has 0 radical (unpaired) electrons. The van der Waals surface area contributed by atoms with Gasteiger partial charge in [0, 0.05) is 10.6 Å². The molecule has 0 spiro atoms. The first kappa shape index (κ1) is 14.8. The van der Waals surface area contributed by atoms with Gasteiger partial charge in [-0.3, -0.25) is 4.90 Å². The zero-order chi connectivity index (χ0) is 13.9. The Kier molecular flexibility index (Phi) is 4.88. The van der Waals surface area contributed by atoms with Gasteiger partial charge >= 0.3 is 0 Å². The second-order valence-corrected chi connectivity index (χ2v) is 6.35. The number of halogens is 1. The molecule has 0 aromatic heterocycles. The minimum absolute atomic E-state index is 0.0696. The summed E-state index contributed by atoms with van der Waals surface area (Å²) < 4.78 is 0. The van der Waals surface area contributed by atoms with E-state index < -0.39 is 0 Å². The molecule has 106 valence electrons. The van der Waals surface area contributed by atoms with Crippen molar-refractivity contribution in [1.82, 2.24) is 10.2 Å². The van der Waals surface area contributed by atoms with Gasteiger partial charge in [-0.2, -0.15) is 0 Å². The number of piperidine rings is 1. The number of nitrogens with one attached hydrogen (secondary N) is 1. The third-order valence-corrected chi connectivity index (χ3v) is 4.73. The van der Waals surface area contributed by atoms with Crippen LogP contribution in [-0.4, -0.2) is 30.6 Å². The quantitative estimate of drug-likeness (QED) is 0.901. The van der Waals surface area contributed by atoms with E-state index in [1.165, 1.54) is 37.9 Å². The molecule has 1 N–H and O–H groups in total. The first-order chi connectivity index (χ1) is 9.07. The van der Waals surface area contributed by atoms with E-state index in [2.05, 4.69) is 36.2 Å². The standard InChI is InChI=1S/C16H25ClN2/c1-16(2,19-11-7-4-8-12-19)15(18-3)13-9-5-6-10-14(13)17/h5-6,9-10,15,18H,4,7-8,11-12H2,1-3H3. The minimum atomic E-state index is 0.0696. The van der Waals surface area contributed by atoms with E-state index in [-0.39, 0.29) is 11.6 Å². The lowest BCUT2D eigenvalue weighted by atomic mass is 9.85. The maximum absolute atomic E-state index is 6.38. The highest BCUT2D eigenvalue weighted by Crippen LogP contribution is 2.35. The number of benzene rings is 1. The smallest absolute Gasteiger partial charge is 0.0514 e. The van der Waals surface area contributed by atoms with Crippen LogP contribution in [0.2, 0.25) is 5.02 Å². The first-order valence-corrected chi connectivity index (χ1v) is 7.62. The third kappa shape index (κ3) is 3.13. The molecule has 1 heterocycles. The van der Waals surface area contributed by atoms with Crippen molar-refractivity contribution in [2.24, 2.45) is 0 Å². The molecule has 0 saturated carbocycles. The summed E-state index contributed by atoms with van der Waals surface area (Å²) >= 11 is 6.38. The number of likely N-dealkylation sites (tertiary alicyclic amines) is 1. The Labute approximate surface area is 122 Å². The molecule has 0 bridgehead atoms. The van der Waals surface area contributed by atoms with Crippen molar-refractivity contribution in [2.75, 3.05) is 20.1 Å². The Morgan fingerprint density at radius 3 is 2.37 bits per heavy atom. The molecule has 1 saturated heterocycles. The van der Waals surface area contributed by atoms with Crippen molar-refractivity contribution in [3.8, 4) is 0 Å². The molecule has 2 rings (SSSR count). The average molecular weight is 281 g/mol. The van der Waals surface area contributed by atoms with Gasteiger partial charge in [-0.05, 0) is 58.5 Å². The zero-order valence-electron chi connectivity index (χ0n) is 12.2. The number of hydrogen-bond donors (Lipinski definition) is 1. The number of rotatable bonds is 4. The van der Waals surface area contributed by atoms with E-state index in [4.69, 9.17) is 11.6 Å².